The molecule has 0 amide bonds. The van der Waals surface area contributed by atoms with E-state index in [1.54, 1.807) is 37.3 Å². The minimum absolute atomic E-state index is 0.130. The van der Waals surface area contributed by atoms with Gasteiger partial charge in [0.25, 0.3) is 0 Å². The van der Waals surface area contributed by atoms with Gasteiger partial charge in [0.05, 0.1) is 23.0 Å². The number of furan rings is 1. The van der Waals surface area contributed by atoms with Crippen molar-refractivity contribution < 1.29 is 26.4 Å². The van der Waals surface area contributed by atoms with Crippen LogP contribution in [0.5, 0.6) is 0 Å². The monoisotopic (exact) mass is 592 g/mol. The van der Waals surface area contributed by atoms with E-state index in [2.05, 4.69) is 9.97 Å². The lowest BCUT2D eigenvalue weighted by atomic mass is 9.88. The lowest BCUT2D eigenvalue weighted by molar-refractivity contribution is 0.0989. The Morgan fingerprint density at radius 3 is 2.62 bits per heavy atom. The van der Waals surface area contributed by atoms with Crippen molar-refractivity contribution in [2.75, 3.05) is 35.6 Å². The molecule has 1 aliphatic rings. The molecule has 1 fully saturated rings. The second-order valence-electron chi connectivity index (χ2n) is 10.7. The van der Waals surface area contributed by atoms with Crippen LogP contribution in [0.4, 0.5) is 20.4 Å². The number of fused-ring (bicyclic) bond motifs is 2. The van der Waals surface area contributed by atoms with Gasteiger partial charge in [-0.2, -0.15) is 0 Å². The summed E-state index contributed by atoms with van der Waals surface area (Å²) in [6, 6.07) is 14.0. The van der Waals surface area contributed by atoms with E-state index in [0.717, 1.165) is 24.7 Å². The summed E-state index contributed by atoms with van der Waals surface area (Å²) in [5.74, 6) is -0.228. The Labute approximate surface area is 242 Å². The van der Waals surface area contributed by atoms with E-state index in [4.69, 9.17) is 4.42 Å². The van der Waals surface area contributed by atoms with Crippen LogP contribution in [0.3, 0.4) is 0 Å². The third kappa shape index (κ3) is 4.91. The van der Waals surface area contributed by atoms with Crippen molar-refractivity contribution in [3.8, 4) is 11.3 Å². The molecule has 1 aliphatic heterocycles. The van der Waals surface area contributed by atoms with Crippen LogP contribution >= 0.6 is 0 Å². The summed E-state index contributed by atoms with van der Waals surface area (Å²) in [6.07, 6.45) is 2.91. The number of ketones is 1. The maximum Gasteiger partial charge on any atom is 0.232 e. The molecule has 1 N–H and O–H groups in total. The first-order valence-electron chi connectivity index (χ1n) is 13.8. The quantitative estimate of drug-likeness (QED) is 0.213. The number of hydrogen-bond donors (Lipinski definition) is 1. The molecule has 0 unspecified atom stereocenters. The number of para-hydroxylation sites is 1. The fourth-order valence-electron chi connectivity index (χ4n) is 5.74. The zero-order chi connectivity index (χ0) is 29.8. The lowest BCUT2D eigenvalue weighted by Crippen LogP contribution is -2.36. The van der Waals surface area contributed by atoms with E-state index in [1.165, 1.54) is 29.6 Å². The number of benzene rings is 3. The molecule has 3 aromatic carbocycles. The molecule has 3 heterocycles. The van der Waals surface area contributed by atoms with Gasteiger partial charge < -0.3 is 14.3 Å². The van der Waals surface area contributed by atoms with Crippen molar-refractivity contribution in [1.82, 2.24) is 9.97 Å². The highest BCUT2D eigenvalue weighted by atomic mass is 32.2. The largest absolute Gasteiger partial charge is 0.455 e. The molecular weight excluding hydrogens is 562 g/mol. The smallest absolute Gasteiger partial charge is 0.232 e. The zero-order valence-electron chi connectivity index (χ0n) is 23.4. The molecule has 0 aliphatic carbocycles. The SMILES string of the molecule is CCC(=O)c1c(-c2ccc(F)cc2)oc2cc(N(C)S(C)(=O)=O)c([C@H]3CCCN(c4nc5c(F)cccc5[nH]4)C3)cc12. The van der Waals surface area contributed by atoms with E-state index in [-0.39, 0.29) is 23.6 Å². The molecule has 11 heteroatoms. The van der Waals surface area contributed by atoms with Crippen LogP contribution in [0.25, 0.3) is 33.3 Å². The number of carbonyl (C=O) groups excluding carboxylic acids is 1. The van der Waals surface area contributed by atoms with E-state index in [1.807, 2.05) is 11.0 Å². The van der Waals surface area contributed by atoms with Crippen molar-refractivity contribution in [2.24, 2.45) is 0 Å². The molecule has 2 aromatic heterocycles. The lowest BCUT2D eigenvalue weighted by Gasteiger charge is -2.34. The Balaban J connectivity index is 1.50. The molecule has 6 rings (SSSR count). The van der Waals surface area contributed by atoms with Gasteiger partial charge in [0.2, 0.25) is 16.0 Å². The van der Waals surface area contributed by atoms with Gasteiger partial charge in [0.1, 0.15) is 22.7 Å². The zero-order valence-corrected chi connectivity index (χ0v) is 24.3. The fourth-order valence-corrected chi connectivity index (χ4v) is 6.26. The number of aromatic nitrogens is 2. The summed E-state index contributed by atoms with van der Waals surface area (Å²) in [5.41, 5.74) is 3.35. The normalized spacial score (nSPS) is 15.9. The fraction of sp³-hybridized carbons (Fsp3) is 0.290. The van der Waals surface area contributed by atoms with Crippen LogP contribution in [0, 0.1) is 11.6 Å². The molecule has 0 saturated carbocycles. The van der Waals surface area contributed by atoms with Crippen LogP contribution in [-0.2, 0) is 10.0 Å². The number of anilines is 2. The summed E-state index contributed by atoms with van der Waals surface area (Å²) >= 11 is 0. The maximum absolute atomic E-state index is 14.4. The molecule has 5 aromatic rings. The summed E-state index contributed by atoms with van der Waals surface area (Å²) in [5, 5.41) is 0.574. The topological polar surface area (TPSA) is 99.5 Å². The van der Waals surface area contributed by atoms with Crippen molar-refractivity contribution in [1.29, 1.82) is 0 Å². The van der Waals surface area contributed by atoms with Gasteiger partial charge in [-0.25, -0.2) is 22.2 Å². The van der Waals surface area contributed by atoms with Gasteiger partial charge in [0.15, 0.2) is 11.6 Å². The molecule has 0 radical (unpaired) electrons. The molecular formula is C31H30F2N4O4S. The Morgan fingerprint density at radius 2 is 1.93 bits per heavy atom. The standard InChI is InChI=1S/C31H30F2N4O4S/c1-4-26(38)28-22-15-21(19-7-6-14-37(17-19)31-34-24-9-5-8-23(33)29(24)35-31)25(36(2)42(3,39)40)16-27(22)41-30(28)18-10-12-20(32)13-11-18/h5,8-13,15-16,19H,4,6-7,14,17H2,1-3H3,(H,34,35)/t19-/m0/s1. The maximum atomic E-state index is 14.4. The predicted molar refractivity (Wildman–Crippen MR) is 160 cm³/mol. The van der Waals surface area contributed by atoms with Crippen molar-refractivity contribution >= 4 is 49.4 Å². The van der Waals surface area contributed by atoms with Crippen molar-refractivity contribution in [3.63, 3.8) is 0 Å². The second-order valence-corrected chi connectivity index (χ2v) is 12.7. The second kappa shape index (κ2) is 10.5. The van der Waals surface area contributed by atoms with E-state index in [9.17, 15) is 22.0 Å². The molecule has 42 heavy (non-hydrogen) atoms. The van der Waals surface area contributed by atoms with E-state index in [0.29, 0.717) is 58.1 Å². The number of H-pyrrole nitrogens is 1. The first-order valence-corrected chi connectivity index (χ1v) is 15.6. The summed E-state index contributed by atoms with van der Waals surface area (Å²) in [6.45, 7) is 2.95. The van der Waals surface area contributed by atoms with E-state index < -0.39 is 21.7 Å². The predicted octanol–water partition coefficient (Wildman–Crippen LogP) is 6.63. The number of halogens is 2. The summed E-state index contributed by atoms with van der Waals surface area (Å²) in [7, 11) is -2.15. The van der Waals surface area contributed by atoms with E-state index >= 15 is 0 Å². The number of piperidine rings is 1. The first kappa shape index (κ1) is 27.9. The van der Waals surface area contributed by atoms with Gasteiger partial charge >= 0.3 is 0 Å². The summed E-state index contributed by atoms with van der Waals surface area (Å²) in [4.78, 5) is 23.0. The highest BCUT2D eigenvalue weighted by Crippen LogP contribution is 2.42. The van der Waals surface area contributed by atoms with Gasteiger partial charge in [0, 0.05) is 49.5 Å². The van der Waals surface area contributed by atoms with Crippen LogP contribution in [-0.4, -0.2) is 50.6 Å². The minimum Gasteiger partial charge on any atom is -0.455 e. The van der Waals surface area contributed by atoms with Crippen molar-refractivity contribution in [3.05, 3.63) is 77.4 Å². The number of nitrogens with zero attached hydrogens (tertiary/aromatic N) is 3. The number of hydrogen-bond acceptors (Lipinski definition) is 6. The number of aromatic amines is 1. The highest BCUT2D eigenvalue weighted by Gasteiger charge is 2.31. The van der Waals surface area contributed by atoms with Crippen LogP contribution in [0.2, 0.25) is 0 Å². The highest BCUT2D eigenvalue weighted by molar-refractivity contribution is 7.92. The number of sulfonamides is 1. The number of Topliss-reactive ketones (excluding diaryl/α,β-unsaturated/α-hetero) is 1. The molecule has 218 valence electrons. The molecule has 8 nitrogen and oxygen atoms in total. The van der Waals surface area contributed by atoms with Crippen LogP contribution in [0.15, 0.2) is 59.0 Å². The number of carbonyl (C=O) groups is 1. The number of imidazole rings is 1. The summed E-state index contributed by atoms with van der Waals surface area (Å²) < 4.78 is 61.0. The third-order valence-electron chi connectivity index (χ3n) is 7.99. The molecule has 0 bridgehead atoms. The van der Waals surface area contributed by atoms with Crippen LogP contribution in [0.1, 0.15) is 48.0 Å². The van der Waals surface area contributed by atoms with Gasteiger partial charge in [-0.3, -0.25) is 9.10 Å². The van der Waals surface area contributed by atoms with Gasteiger partial charge in [-0.1, -0.05) is 13.0 Å². The molecule has 1 atom stereocenters. The Morgan fingerprint density at radius 1 is 1.17 bits per heavy atom. The van der Waals surface area contributed by atoms with Gasteiger partial charge in [-0.05, 0) is 60.9 Å². The number of rotatable bonds is 7. The molecule has 0 spiro atoms. The van der Waals surface area contributed by atoms with Crippen molar-refractivity contribution in [2.45, 2.75) is 32.1 Å². The Bertz CT molecular complexity index is 1930. The van der Waals surface area contributed by atoms with Gasteiger partial charge in [-0.15, -0.1) is 0 Å². The third-order valence-corrected chi connectivity index (χ3v) is 9.18. The van der Waals surface area contributed by atoms with Crippen LogP contribution < -0.4 is 9.21 Å². The minimum atomic E-state index is -3.65. The molecule has 1 saturated heterocycles. The number of nitrogens with one attached hydrogen (secondary N) is 1. The average Bonchev–Trinajstić information content (AvgIpc) is 3.58. The Kier molecular flexibility index (Phi) is 7.00. The Hall–Kier alpha value is -4.25. The first-order chi connectivity index (χ1) is 20.0. The average molecular weight is 593 g/mol.